The Morgan fingerprint density at radius 1 is 1.33 bits per heavy atom. The van der Waals surface area contributed by atoms with Crippen molar-refractivity contribution in [3.8, 4) is 6.07 Å². The van der Waals surface area contributed by atoms with Gasteiger partial charge in [0.2, 0.25) is 0 Å². The van der Waals surface area contributed by atoms with Crippen molar-refractivity contribution in [3.63, 3.8) is 0 Å². The van der Waals surface area contributed by atoms with Crippen molar-refractivity contribution in [1.29, 1.82) is 5.26 Å². The molecule has 0 spiro atoms. The second kappa shape index (κ2) is 4.61. The molecule has 0 N–H and O–H groups in total. The summed E-state index contributed by atoms with van der Waals surface area (Å²) in [5.74, 6) is -0.306. The predicted molar refractivity (Wildman–Crippen MR) is 66.7 cm³/mol. The third-order valence-electron chi connectivity index (χ3n) is 3.24. The molecule has 0 aliphatic heterocycles. The minimum absolute atomic E-state index is 0.306. The molecular weight excluding hydrogens is 229 g/mol. The fourth-order valence-corrected chi connectivity index (χ4v) is 1.87. The summed E-state index contributed by atoms with van der Waals surface area (Å²) in [6.07, 6.45) is 0. The van der Waals surface area contributed by atoms with Crippen molar-refractivity contribution < 1.29 is 4.39 Å². The van der Waals surface area contributed by atoms with Crippen LogP contribution in [0.25, 0.3) is 0 Å². The molecule has 0 amide bonds. The van der Waals surface area contributed by atoms with Crippen LogP contribution >= 0.6 is 0 Å². The number of hydrogen-bond donors (Lipinski definition) is 0. The van der Waals surface area contributed by atoms with Crippen LogP contribution in [-0.4, -0.2) is 9.78 Å². The van der Waals surface area contributed by atoms with Crippen LogP contribution < -0.4 is 0 Å². The van der Waals surface area contributed by atoms with E-state index in [9.17, 15) is 4.39 Å². The monoisotopic (exact) mass is 243 g/mol. The SMILES string of the molecule is Cc1nn(Cc2cc(C#N)ccc2F)c(C)c1C. The van der Waals surface area contributed by atoms with E-state index in [1.807, 2.05) is 26.8 Å². The Kier molecular flexibility index (Phi) is 3.15. The summed E-state index contributed by atoms with van der Waals surface area (Å²) in [4.78, 5) is 0. The Morgan fingerprint density at radius 3 is 2.61 bits per heavy atom. The summed E-state index contributed by atoms with van der Waals surface area (Å²) in [6, 6.07) is 6.39. The number of hydrogen-bond acceptors (Lipinski definition) is 2. The molecule has 0 saturated heterocycles. The molecule has 0 radical (unpaired) electrons. The third kappa shape index (κ3) is 2.12. The molecule has 0 saturated carbocycles. The fourth-order valence-electron chi connectivity index (χ4n) is 1.87. The molecule has 4 heteroatoms. The third-order valence-corrected chi connectivity index (χ3v) is 3.24. The van der Waals surface area contributed by atoms with Crippen LogP contribution in [0.4, 0.5) is 4.39 Å². The van der Waals surface area contributed by atoms with Gasteiger partial charge in [0.1, 0.15) is 5.82 Å². The Morgan fingerprint density at radius 2 is 2.06 bits per heavy atom. The van der Waals surface area contributed by atoms with E-state index in [2.05, 4.69) is 5.10 Å². The zero-order chi connectivity index (χ0) is 13.3. The van der Waals surface area contributed by atoms with Gasteiger partial charge in [-0.3, -0.25) is 4.68 Å². The average Bonchev–Trinajstić information content (AvgIpc) is 2.60. The van der Waals surface area contributed by atoms with Crippen LogP contribution in [0.2, 0.25) is 0 Å². The first-order valence-corrected chi connectivity index (χ1v) is 5.72. The number of aromatic nitrogens is 2. The second-order valence-electron chi connectivity index (χ2n) is 4.37. The van der Waals surface area contributed by atoms with Gasteiger partial charge in [0, 0.05) is 11.3 Å². The highest BCUT2D eigenvalue weighted by molar-refractivity contribution is 5.34. The molecule has 0 bridgehead atoms. The lowest BCUT2D eigenvalue weighted by atomic mass is 10.1. The number of aryl methyl sites for hydroxylation is 1. The van der Waals surface area contributed by atoms with Crippen molar-refractivity contribution in [2.24, 2.45) is 0 Å². The second-order valence-corrected chi connectivity index (χ2v) is 4.37. The van der Waals surface area contributed by atoms with Crippen LogP contribution in [0.3, 0.4) is 0 Å². The van der Waals surface area contributed by atoms with Gasteiger partial charge in [0.05, 0.1) is 23.9 Å². The lowest BCUT2D eigenvalue weighted by Gasteiger charge is -2.06. The van der Waals surface area contributed by atoms with Gasteiger partial charge in [-0.1, -0.05) is 0 Å². The molecular formula is C14H14FN3. The Balaban J connectivity index is 2.40. The number of benzene rings is 1. The fraction of sp³-hybridized carbons (Fsp3) is 0.286. The maximum atomic E-state index is 13.7. The molecule has 2 aromatic rings. The molecule has 0 fully saturated rings. The van der Waals surface area contributed by atoms with Crippen LogP contribution in [0.5, 0.6) is 0 Å². The van der Waals surface area contributed by atoms with E-state index in [1.165, 1.54) is 12.1 Å². The minimum Gasteiger partial charge on any atom is -0.265 e. The van der Waals surface area contributed by atoms with Crippen LogP contribution in [0.15, 0.2) is 18.2 Å². The van der Waals surface area contributed by atoms with Gasteiger partial charge in [-0.15, -0.1) is 0 Å². The number of halogens is 1. The summed E-state index contributed by atoms with van der Waals surface area (Å²) in [7, 11) is 0. The van der Waals surface area contributed by atoms with E-state index in [0.717, 1.165) is 17.0 Å². The average molecular weight is 243 g/mol. The Hall–Kier alpha value is -2.15. The van der Waals surface area contributed by atoms with Gasteiger partial charge in [-0.2, -0.15) is 10.4 Å². The Bertz CT molecular complexity index is 635. The Labute approximate surface area is 105 Å². The van der Waals surface area contributed by atoms with Gasteiger partial charge >= 0.3 is 0 Å². The van der Waals surface area contributed by atoms with E-state index in [1.54, 1.807) is 10.7 Å². The van der Waals surface area contributed by atoms with Crippen molar-refractivity contribution in [2.75, 3.05) is 0 Å². The molecule has 1 heterocycles. The van der Waals surface area contributed by atoms with Crippen LogP contribution in [0.1, 0.15) is 28.1 Å². The number of rotatable bonds is 2. The zero-order valence-corrected chi connectivity index (χ0v) is 10.7. The highest BCUT2D eigenvalue weighted by Crippen LogP contribution is 2.16. The number of nitriles is 1. The van der Waals surface area contributed by atoms with E-state index in [0.29, 0.717) is 17.7 Å². The van der Waals surface area contributed by atoms with Gasteiger partial charge in [0.25, 0.3) is 0 Å². The minimum atomic E-state index is -0.306. The molecule has 2 rings (SSSR count). The lowest BCUT2D eigenvalue weighted by molar-refractivity contribution is 0.578. The van der Waals surface area contributed by atoms with Crippen LogP contribution in [-0.2, 0) is 6.54 Å². The summed E-state index contributed by atoms with van der Waals surface area (Å²) in [5.41, 5.74) is 4.04. The molecule has 0 aliphatic rings. The molecule has 1 aromatic carbocycles. The van der Waals surface area contributed by atoms with Gasteiger partial charge in [-0.05, 0) is 44.5 Å². The zero-order valence-electron chi connectivity index (χ0n) is 10.7. The summed E-state index contributed by atoms with van der Waals surface area (Å²) >= 11 is 0. The van der Waals surface area contributed by atoms with E-state index >= 15 is 0 Å². The van der Waals surface area contributed by atoms with Crippen molar-refractivity contribution in [3.05, 3.63) is 52.1 Å². The molecule has 0 atom stereocenters. The van der Waals surface area contributed by atoms with Crippen molar-refractivity contribution in [1.82, 2.24) is 9.78 Å². The topological polar surface area (TPSA) is 41.6 Å². The maximum Gasteiger partial charge on any atom is 0.128 e. The van der Waals surface area contributed by atoms with Gasteiger partial charge in [0.15, 0.2) is 0 Å². The smallest absolute Gasteiger partial charge is 0.128 e. The van der Waals surface area contributed by atoms with Crippen LogP contribution in [0, 0.1) is 37.9 Å². The first-order chi connectivity index (χ1) is 8.52. The van der Waals surface area contributed by atoms with E-state index in [4.69, 9.17) is 5.26 Å². The van der Waals surface area contributed by atoms with Gasteiger partial charge in [-0.25, -0.2) is 4.39 Å². The molecule has 92 valence electrons. The van der Waals surface area contributed by atoms with Crippen molar-refractivity contribution >= 4 is 0 Å². The molecule has 0 unspecified atom stereocenters. The van der Waals surface area contributed by atoms with Gasteiger partial charge < -0.3 is 0 Å². The lowest BCUT2D eigenvalue weighted by Crippen LogP contribution is -2.06. The maximum absolute atomic E-state index is 13.7. The first-order valence-electron chi connectivity index (χ1n) is 5.72. The van der Waals surface area contributed by atoms with E-state index in [-0.39, 0.29) is 5.82 Å². The molecule has 1 aromatic heterocycles. The first kappa shape index (κ1) is 12.3. The number of nitrogens with zero attached hydrogens (tertiary/aromatic N) is 3. The predicted octanol–water partition coefficient (Wildman–Crippen LogP) is 2.87. The normalized spacial score (nSPS) is 10.4. The molecule has 3 nitrogen and oxygen atoms in total. The van der Waals surface area contributed by atoms with E-state index < -0.39 is 0 Å². The molecule has 18 heavy (non-hydrogen) atoms. The summed E-state index contributed by atoms with van der Waals surface area (Å²) in [5, 5.41) is 13.2. The highest BCUT2D eigenvalue weighted by atomic mass is 19.1. The standard InChI is InChI=1S/C14H14FN3/c1-9-10(2)17-18(11(9)3)8-13-6-12(7-16)4-5-14(13)15/h4-6H,8H2,1-3H3. The van der Waals surface area contributed by atoms with Crippen molar-refractivity contribution in [2.45, 2.75) is 27.3 Å². The largest absolute Gasteiger partial charge is 0.265 e. The highest BCUT2D eigenvalue weighted by Gasteiger charge is 2.10. The summed E-state index contributed by atoms with van der Waals surface area (Å²) in [6.45, 7) is 6.24. The summed E-state index contributed by atoms with van der Waals surface area (Å²) < 4.78 is 15.4. The quantitative estimate of drug-likeness (QED) is 0.813. The molecule has 0 aliphatic carbocycles.